The second-order valence-electron chi connectivity index (χ2n) is 3.32. The summed E-state index contributed by atoms with van der Waals surface area (Å²) in [7, 11) is 0. The quantitative estimate of drug-likeness (QED) is 0.397. The Bertz CT molecular complexity index is 363. The molecule has 1 aromatic rings. The van der Waals surface area contributed by atoms with Crippen LogP contribution in [0.4, 0.5) is 0 Å². The lowest BCUT2D eigenvalue weighted by molar-refractivity contribution is -0.125. The van der Waals surface area contributed by atoms with E-state index in [0.29, 0.717) is 13.2 Å². The van der Waals surface area contributed by atoms with Gasteiger partial charge in [-0.25, -0.2) is 0 Å². The van der Waals surface area contributed by atoms with Crippen molar-refractivity contribution in [1.29, 1.82) is 0 Å². The first kappa shape index (κ1) is 13.2. The molecule has 0 aliphatic carbocycles. The average molecular weight is 236 g/mol. The molecule has 5 heteroatoms. The van der Waals surface area contributed by atoms with E-state index < -0.39 is 5.91 Å². The number of carbonyl (C=O) groups is 1. The molecule has 1 aromatic carbocycles. The van der Waals surface area contributed by atoms with E-state index in [1.165, 1.54) is 0 Å². The number of primary amides is 1. The molecule has 0 aliphatic rings. The molecule has 0 spiro atoms. The van der Waals surface area contributed by atoms with Crippen LogP contribution in [-0.2, 0) is 16.2 Å². The van der Waals surface area contributed by atoms with Gasteiger partial charge in [0.2, 0.25) is 5.91 Å². The van der Waals surface area contributed by atoms with Crippen LogP contribution in [0.25, 0.3) is 0 Å². The van der Waals surface area contributed by atoms with Gasteiger partial charge in [0, 0.05) is 6.54 Å². The molecule has 1 amide bonds. The van der Waals surface area contributed by atoms with Crippen LogP contribution < -0.4 is 16.0 Å². The number of carbonyl (C=O) groups excluding carboxylic acids is 1. The minimum atomic E-state index is -0.509. The highest BCUT2D eigenvalue weighted by Crippen LogP contribution is 2.11. The molecule has 17 heavy (non-hydrogen) atoms. The summed E-state index contributed by atoms with van der Waals surface area (Å²) in [6.45, 7) is 4.41. The zero-order chi connectivity index (χ0) is 12.5. The molecular weight excluding hydrogens is 220 g/mol. The molecule has 0 atom stereocenters. The van der Waals surface area contributed by atoms with E-state index in [9.17, 15) is 4.79 Å². The zero-order valence-corrected chi connectivity index (χ0v) is 9.52. The summed E-state index contributed by atoms with van der Waals surface area (Å²) in [4.78, 5) is 15.2. The smallest absolute Gasteiger partial charge is 0.245 e. The van der Waals surface area contributed by atoms with Crippen molar-refractivity contribution in [3.8, 4) is 5.75 Å². The van der Waals surface area contributed by atoms with Crippen molar-refractivity contribution in [3.05, 3.63) is 42.5 Å². The first-order chi connectivity index (χ1) is 8.22. The third kappa shape index (κ3) is 5.70. The van der Waals surface area contributed by atoms with Gasteiger partial charge in [-0.2, -0.15) is 5.48 Å². The minimum absolute atomic E-state index is 0.138. The molecule has 0 aromatic heterocycles. The second kappa shape index (κ2) is 7.43. The molecule has 0 saturated heterocycles. The molecule has 5 nitrogen and oxygen atoms in total. The molecule has 1 rings (SSSR count). The SMILES string of the molecule is C=CCOc1ccc(CNOCC(N)=O)cc1. The number of amides is 1. The van der Waals surface area contributed by atoms with Gasteiger partial charge in [-0.15, -0.1) is 0 Å². The van der Waals surface area contributed by atoms with Gasteiger partial charge in [-0.3, -0.25) is 9.63 Å². The first-order valence-electron chi connectivity index (χ1n) is 5.18. The van der Waals surface area contributed by atoms with Gasteiger partial charge in [0.1, 0.15) is 19.0 Å². The van der Waals surface area contributed by atoms with E-state index in [1.54, 1.807) is 6.08 Å². The monoisotopic (exact) mass is 236 g/mol. The van der Waals surface area contributed by atoms with Crippen molar-refractivity contribution in [2.75, 3.05) is 13.2 Å². The number of nitrogens with one attached hydrogen (secondary N) is 1. The van der Waals surface area contributed by atoms with E-state index in [2.05, 4.69) is 12.1 Å². The largest absolute Gasteiger partial charge is 0.490 e. The average Bonchev–Trinajstić information content (AvgIpc) is 2.33. The van der Waals surface area contributed by atoms with Crippen LogP contribution in [0.5, 0.6) is 5.75 Å². The fourth-order valence-corrected chi connectivity index (χ4v) is 1.12. The van der Waals surface area contributed by atoms with Gasteiger partial charge in [0.05, 0.1) is 0 Å². The van der Waals surface area contributed by atoms with E-state index in [0.717, 1.165) is 11.3 Å². The summed E-state index contributed by atoms with van der Waals surface area (Å²) < 4.78 is 5.34. The van der Waals surface area contributed by atoms with Crippen LogP contribution in [-0.4, -0.2) is 19.1 Å². The Labute approximate surface area is 100 Å². The topological polar surface area (TPSA) is 73.6 Å². The van der Waals surface area contributed by atoms with Crippen molar-refractivity contribution < 1.29 is 14.4 Å². The van der Waals surface area contributed by atoms with Crippen molar-refractivity contribution in [2.45, 2.75) is 6.54 Å². The Morgan fingerprint density at radius 2 is 2.12 bits per heavy atom. The Morgan fingerprint density at radius 3 is 2.71 bits per heavy atom. The Balaban J connectivity index is 2.29. The van der Waals surface area contributed by atoms with Crippen LogP contribution in [0.3, 0.4) is 0 Å². The maximum absolute atomic E-state index is 10.4. The summed E-state index contributed by atoms with van der Waals surface area (Å²) in [5.41, 5.74) is 8.56. The van der Waals surface area contributed by atoms with Crippen molar-refractivity contribution in [3.63, 3.8) is 0 Å². The van der Waals surface area contributed by atoms with E-state index in [1.807, 2.05) is 24.3 Å². The molecule has 0 saturated carbocycles. The highest BCUT2D eigenvalue weighted by molar-refractivity contribution is 5.74. The number of benzene rings is 1. The van der Waals surface area contributed by atoms with E-state index in [4.69, 9.17) is 15.3 Å². The number of ether oxygens (including phenoxy) is 1. The van der Waals surface area contributed by atoms with Crippen LogP contribution in [0.1, 0.15) is 5.56 Å². The molecule has 0 bridgehead atoms. The summed E-state index contributed by atoms with van der Waals surface area (Å²) in [5.74, 6) is 0.275. The van der Waals surface area contributed by atoms with Crippen molar-refractivity contribution >= 4 is 5.91 Å². The molecule has 0 fully saturated rings. The van der Waals surface area contributed by atoms with Gasteiger partial charge in [-0.05, 0) is 17.7 Å². The van der Waals surface area contributed by atoms with E-state index in [-0.39, 0.29) is 6.61 Å². The fourth-order valence-electron chi connectivity index (χ4n) is 1.12. The number of rotatable bonds is 8. The lowest BCUT2D eigenvalue weighted by atomic mass is 10.2. The van der Waals surface area contributed by atoms with Gasteiger partial charge >= 0.3 is 0 Å². The number of nitrogens with two attached hydrogens (primary N) is 1. The molecule has 0 unspecified atom stereocenters. The number of hydroxylamine groups is 1. The van der Waals surface area contributed by atoms with Crippen LogP contribution in [0.2, 0.25) is 0 Å². The Morgan fingerprint density at radius 1 is 1.41 bits per heavy atom. The maximum Gasteiger partial charge on any atom is 0.245 e. The summed E-state index contributed by atoms with van der Waals surface area (Å²) in [5, 5.41) is 0. The summed E-state index contributed by atoms with van der Waals surface area (Å²) >= 11 is 0. The predicted molar refractivity (Wildman–Crippen MR) is 64.1 cm³/mol. The number of hydrogen-bond acceptors (Lipinski definition) is 4. The predicted octanol–water partition coefficient (Wildman–Crippen LogP) is 0.758. The van der Waals surface area contributed by atoms with Gasteiger partial charge in [0.15, 0.2) is 0 Å². The molecule has 3 N–H and O–H groups in total. The normalized spacial score (nSPS) is 9.88. The molecule has 0 aliphatic heterocycles. The lowest BCUT2D eigenvalue weighted by Crippen LogP contribution is -2.24. The summed E-state index contributed by atoms with van der Waals surface area (Å²) in [6.07, 6.45) is 1.69. The fraction of sp³-hybridized carbons (Fsp3) is 0.250. The lowest BCUT2D eigenvalue weighted by Gasteiger charge is -2.06. The minimum Gasteiger partial charge on any atom is -0.490 e. The highest BCUT2D eigenvalue weighted by atomic mass is 16.6. The first-order valence-corrected chi connectivity index (χ1v) is 5.18. The van der Waals surface area contributed by atoms with Crippen LogP contribution in [0.15, 0.2) is 36.9 Å². The molecule has 92 valence electrons. The third-order valence-electron chi connectivity index (χ3n) is 1.88. The van der Waals surface area contributed by atoms with Crippen molar-refractivity contribution in [2.24, 2.45) is 5.73 Å². The van der Waals surface area contributed by atoms with Gasteiger partial charge in [-0.1, -0.05) is 24.8 Å². The Kier molecular flexibility index (Phi) is 5.77. The standard InChI is InChI=1S/C12H16N2O3/c1-2-7-16-11-5-3-10(4-6-11)8-14-17-9-12(13)15/h2-6,14H,1,7-9H2,(H2,13,15). The van der Waals surface area contributed by atoms with Gasteiger partial charge < -0.3 is 10.5 Å². The van der Waals surface area contributed by atoms with Crippen molar-refractivity contribution in [1.82, 2.24) is 5.48 Å². The van der Waals surface area contributed by atoms with Gasteiger partial charge in [0.25, 0.3) is 0 Å². The van der Waals surface area contributed by atoms with Crippen LogP contribution >= 0.6 is 0 Å². The highest BCUT2D eigenvalue weighted by Gasteiger charge is 1.96. The zero-order valence-electron chi connectivity index (χ0n) is 9.52. The van der Waals surface area contributed by atoms with E-state index >= 15 is 0 Å². The maximum atomic E-state index is 10.4. The molecule has 0 radical (unpaired) electrons. The molecule has 0 heterocycles. The van der Waals surface area contributed by atoms with Crippen LogP contribution in [0, 0.1) is 0 Å². The summed E-state index contributed by atoms with van der Waals surface area (Å²) in [6, 6.07) is 7.52. The Hall–Kier alpha value is -1.85. The third-order valence-corrected chi connectivity index (χ3v) is 1.88. The second-order valence-corrected chi connectivity index (χ2v) is 3.32. The number of hydrogen-bond donors (Lipinski definition) is 2. The molecular formula is C12H16N2O3.